The monoisotopic (exact) mass is 245 g/mol. The Labute approximate surface area is 99.8 Å². The molecule has 2 atom stereocenters. The normalized spacial score (nSPS) is 25.1. The minimum absolute atomic E-state index is 0.0115. The average Bonchev–Trinajstić information content (AvgIpc) is 2.81. The van der Waals surface area contributed by atoms with Crippen molar-refractivity contribution in [1.82, 2.24) is 5.32 Å². The van der Waals surface area contributed by atoms with E-state index in [0.717, 1.165) is 18.6 Å². The van der Waals surface area contributed by atoms with Gasteiger partial charge in [0.05, 0.1) is 10.8 Å². The van der Waals surface area contributed by atoms with Crippen LogP contribution < -0.4 is 11.1 Å². The second-order valence-corrected chi connectivity index (χ2v) is 5.47. The number of amides is 1. The van der Waals surface area contributed by atoms with Gasteiger partial charge in [0.25, 0.3) is 0 Å². The van der Waals surface area contributed by atoms with Crippen LogP contribution in [0.4, 0.5) is 0 Å². The Morgan fingerprint density at radius 1 is 1.75 bits per heavy atom. The maximum absolute atomic E-state index is 11.9. The summed E-state index contributed by atoms with van der Waals surface area (Å²) in [6.45, 7) is 3.65. The van der Waals surface area contributed by atoms with Crippen LogP contribution in [0, 0.1) is 0 Å². The number of oxime groups is 1. The van der Waals surface area contributed by atoms with E-state index in [-0.39, 0.29) is 17.0 Å². The number of nitrogens with one attached hydrogen (secondary N) is 1. The van der Waals surface area contributed by atoms with Gasteiger partial charge < -0.3 is 16.3 Å². The first-order chi connectivity index (χ1) is 7.53. The van der Waals surface area contributed by atoms with Gasteiger partial charge >= 0.3 is 0 Å². The highest BCUT2D eigenvalue weighted by Gasteiger charge is 2.33. The van der Waals surface area contributed by atoms with Gasteiger partial charge in [-0.05, 0) is 31.9 Å². The predicted molar refractivity (Wildman–Crippen MR) is 65.7 cm³/mol. The molecule has 0 saturated carbocycles. The molecule has 6 heteroatoms. The molecule has 1 fully saturated rings. The first kappa shape index (κ1) is 13.2. The molecule has 0 aromatic carbocycles. The van der Waals surface area contributed by atoms with Crippen molar-refractivity contribution in [1.29, 1.82) is 0 Å². The van der Waals surface area contributed by atoms with Crippen LogP contribution in [0.25, 0.3) is 0 Å². The highest BCUT2D eigenvalue weighted by molar-refractivity contribution is 8.00. The van der Waals surface area contributed by atoms with Crippen LogP contribution in [-0.2, 0) is 4.79 Å². The fourth-order valence-corrected chi connectivity index (χ4v) is 2.74. The Balaban J connectivity index is 2.65. The minimum Gasteiger partial charge on any atom is -0.409 e. The average molecular weight is 245 g/mol. The summed E-state index contributed by atoms with van der Waals surface area (Å²) in [6.07, 6.45) is 2.58. The lowest BCUT2D eigenvalue weighted by molar-refractivity contribution is -0.121. The summed E-state index contributed by atoms with van der Waals surface area (Å²) in [7, 11) is 0. The zero-order chi connectivity index (χ0) is 12.2. The fourth-order valence-electron chi connectivity index (χ4n) is 1.58. The van der Waals surface area contributed by atoms with E-state index in [1.165, 1.54) is 0 Å². The molecule has 16 heavy (non-hydrogen) atoms. The summed E-state index contributed by atoms with van der Waals surface area (Å²) in [5, 5.41) is 14.5. The van der Waals surface area contributed by atoms with Crippen molar-refractivity contribution in [3.05, 3.63) is 0 Å². The summed E-state index contributed by atoms with van der Waals surface area (Å²) in [5.74, 6) is 1.06. The van der Waals surface area contributed by atoms with Crippen LogP contribution in [-0.4, -0.2) is 33.5 Å². The van der Waals surface area contributed by atoms with Crippen molar-refractivity contribution < 1.29 is 10.0 Å². The molecule has 1 aliphatic rings. The Kier molecular flexibility index (Phi) is 4.46. The first-order valence-corrected chi connectivity index (χ1v) is 6.50. The molecule has 0 radical (unpaired) electrons. The van der Waals surface area contributed by atoms with Gasteiger partial charge in [0, 0.05) is 0 Å². The zero-order valence-electron chi connectivity index (χ0n) is 9.69. The minimum atomic E-state index is -0.755. The van der Waals surface area contributed by atoms with Crippen molar-refractivity contribution in [3.8, 4) is 0 Å². The first-order valence-electron chi connectivity index (χ1n) is 5.45. The summed E-state index contributed by atoms with van der Waals surface area (Å²) >= 11 is 1.67. The Hall–Kier alpha value is -0.910. The second-order valence-electron chi connectivity index (χ2n) is 4.16. The molecule has 1 rings (SSSR count). The Morgan fingerprint density at radius 2 is 2.44 bits per heavy atom. The van der Waals surface area contributed by atoms with E-state index >= 15 is 0 Å². The highest BCUT2D eigenvalue weighted by atomic mass is 32.2. The maximum atomic E-state index is 11.9. The van der Waals surface area contributed by atoms with Gasteiger partial charge in [0.1, 0.15) is 0 Å². The number of amidine groups is 1. The molecule has 5 nitrogen and oxygen atoms in total. The Bertz CT molecular complexity index is 290. The van der Waals surface area contributed by atoms with Gasteiger partial charge in [-0.15, -0.1) is 11.8 Å². The van der Waals surface area contributed by atoms with Crippen molar-refractivity contribution in [2.75, 3.05) is 5.75 Å². The van der Waals surface area contributed by atoms with Crippen molar-refractivity contribution in [2.45, 2.75) is 43.9 Å². The molecule has 1 aliphatic heterocycles. The Morgan fingerprint density at radius 3 is 2.88 bits per heavy atom. The number of hydrogen-bond donors (Lipinski definition) is 3. The van der Waals surface area contributed by atoms with Gasteiger partial charge in [-0.25, -0.2) is 0 Å². The van der Waals surface area contributed by atoms with Crippen LogP contribution in [0.3, 0.4) is 0 Å². The van der Waals surface area contributed by atoms with Gasteiger partial charge in [-0.3, -0.25) is 4.79 Å². The fraction of sp³-hybridized carbons (Fsp3) is 0.800. The molecule has 92 valence electrons. The molecule has 1 amide bonds. The third-order valence-electron chi connectivity index (χ3n) is 3.00. The molecule has 1 saturated heterocycles. The largest absolute Gasteiger partial charge is 0.409 e. The molecular weight excluding hydrogens is 226 g/mol. The summed E-state index contributed by atoms with van der Waals surface area (Å²) in [6, 6.07) is 0. The lowest BCUT2D eigenvalue weighted by Crippen LogP contribution is -2.56. The summed E-state index contributed by atoms with van der Waals surface area (Å²) in [5.41, 5.74) is 4.83. The van der Waals surface area contributed by atoms with Crippen molar-refractivity contribution >= 4 is 23.5 Å². The van der Waals surface area contributed by atoms with E-state index in [1.54, 1.807) is 18.7 Å². The smallest absolute Gasteiger partial charge is 0.233 e. The highest BCUT2D eigenvalue weighted by Crippen LogP contribution is 2.27. The lowest BCUT2D eigenvalue weighted by atomic mass is 9.97. The molecule has 0 bridgehead atoms. The van der Waals surface area contributed by atoms with Gasteiger partial charge in [0.2, 0.25) is 5.91 Å². The predicted octanol–water partition coefficient (Wildman–Crippen LogP) is 0.913. The molecule has 4 N–H and O–H groups in total. The van der Waals surface area contributed by atoms with E-state index in [2.05, 4.69) is 10.5 Å². The van der Waals surface area contributed by atoms with E-state index in [9.17, 15) is 4.79 Å². The number of thioether (sulfide) groups is 1. The van der Waals surface area contributed by atoms with E-state index < -0.39 is 5.54 Å². The zero-order valence-corrected chi connectivity index (χ0v) is 10.5. The molecule has 2 unspecified atom stereocenters. The number of hydrogen-bond acceptors (Lipinski definition) is 4. The SMILES string of the molecule is CCC(C)(NC(=O)C1CCCS1)C(N)=NO. The molecule has 0 spiro atoms. The van der Waals surface area contributed by atoms with Crippen LogP contribution in [0.2, 0.25) is 0 Å². The number of carbonyl (C=O) groups excluding carboxylic acids is 1. The van der Waals surface area contributed by atoms with Crippen LogP contribution in [0.1, 0.15) is 33.1 Å². The maximum Gasteiger partial charge on any atom is 0.233 e. The van der Waals surface area contributed by atoms with Crippen molar-refractivity contribution in [2.24, 2.45) is 10.9 Å². The molecular formula is C10H19N3O2S. The van der Waals surface area contributed by atoms with Gasteiger partial charge in [0.15, 0.2) is 5.84 Å². The molecule has 0 aromatic heterocycles. The van der Waals surface area contributed by atoms with E-state index in [4.69, 9.17) is 10.9 Å². The number of carbonyl (C=O) groups is 1. The van der Waals surface area contributed by atoms with E-state index in [1.807, 2.05) is 6.92 Å². The molecule has 0 aromatic rings. The van der Waals surface area contributed by atoms with Crippen LogP contribution in [0.15, 0.2) is 5.16 Å². The topological polar surface area (TPSA) is 87.7 Å². The van der Waals surface area contributed by atoms with Crippen LogP contribution in [0.5, 0.6) is 0 Å². The van der Waals surface area contributed by atoms with E-state index in [0.29, 0.717) is 6.42 Å². The number of nitrogens with zero attached hydrogens (tertiary/aromatic N) is 1. The lowest BCUT2D eigenvalue weighted by Gasteiger charge is -2.29. The third-order valence-corrected chi connectivity index (χ3v) is 4.38. The van der Waals surface area contributed by atoms with Crippen molar-refractivity contribution in [3.63, 3.8) is 0 Å². The van der Waals surface area contributed by atoms with Gasteiger partial charge in [-0.1, -0.05) is 12.1 Å². The third kappa shape index (κ3) is 2.81. The van der Waals surface area contributed by atoms with Gasteiger partial charge in [-0.2, -0.15) is 0 Å². The number of rotatable bonds is 4. The van der Waals surface area contributed by atoms with Crippen LogP contribution >= 0.6 is 11.8 Å². The molecule has 1 heterocycles. The summed E-state index contributed by atoms with van der Waals surface area (Å²) in [4.78, 5) is 11.9. The molecule has 0 aliphatic carbocycles. The standard InChI is InChI=1S/C10H19N3O2S/c1-3-10(2,9(11)13-15)12-8(14)7-5-4-6-16-7/h7,15H,3-6H2,1-2H3,(H2,11,13)(H,12,14). The quantitative estimate of drug-likeness (QED) is 0.297. The summed E-state index contributed by atoms with van der Waals surface area (Å²) < 4.78 is 0. The number of nitrogens with two attached hydrogens (primary N) is 1. The second kappa shape index (κ2) is 5.43.